The number of rotatable bonds is 5. The first-order chi connectivity index (χ1) is 15.5. The van der Waals surface area contributed by atoms with Gasteiger partial charge in [-0.2, -0.15) is 0 Å². The Morgan fingerprint density at radius 1 is 1.09 bits per heavy atom. The zero-order valence-corrected chi connectivity index (χ0v) is 17.7. The Morgan fingerprint density at radius 2 is 1.84 bits per heavy atom. The first kappa shape index (κ1) is 20.1. The maximum absolute atomic E-state index is 13.6. The van der Waals surface area contributed by atoms with E-state index in [2.05, 4.69) is 27.9 Å². The van der Waals surface area contributed by atoms with E-state index in [4.69, 9.17) is 0 Å². The molecule has 1 fully saturated rings. The molecule has 4 heterocycles. The lowest BCUT2D eigenvalue weighted by atomic mass is 10.2. The van der Waals surface area contributed by atoms with Gasteiger partial charge in [0.25, 0.3) is 0 Å². The number of aromatic carboxylic acids is 1. The number of aryl methyl sites for hydroxylation is 1. The highest BCUT2D eigenvalue weighted by molar-refractivity contribution is 5.87. The summed E-state index contributed by atoms with van der Waals surface area (Å²) in [6.07, 6.45) is 4.35. The summed E-state index contributed by atoms with van der Waals surface area (Å²) < 4.78 is 3.39. The molecule has 1 aliphatic heterocycles. The van der Waals surface area contributed by atoms with Crippen molar-refractivity contribution < 1.29 is 9.90 Å². The molecule has 1 saturated heterocycles. The number of aromatic nitrogens is 4. The van der Waals surface area contributed by atoms with Gasteiger partial charge in [0.1, 0.15) is 0 Å². The predicted octanol–water partition coefficient (Wildman–Crippen LogP) is 3.04. The van der Waals surface area contributed by atoms with Gasteiger partial charge in [0.2, 0.25) is 0 Å². The van der Waals surface area contributed by atoms with E-state index in [1.807, 2.05) is 18.3 Å². The number of likely N-dealkylation sites (tertiary alicyclic amines) is 1. The van der Waals surface area contributed by atoms with Gasteiger partial charge >= 0.3 is 11.7 Å². The van der Waals surface area contributed by atoms with Crippen LogP contribution in [0.1, 0.15) is 34.1 Å². The van der Waals surface area contributed by atoms with E-state index in [1.165, 1.54) is 12.1 Å². The van der Waals surface area contributed by atoms with Crippen LogP contribution in [0.3, 0.4) is 0 Å². The van der Waals surface area contributed by atoms with Crippen molar-refractivity contribution in [1.82, 2.24) is 24.0 Å². The molecule has 162 valence electrons. The molecule has 0 amide bonds. The van der Waals surface area contributed by atoms with E-state index in [0.29, 0.717) is 16.9 Å². The highest BCUT2D eigenvalue weighted by Gasteiger charge is 2.29. The number of pyridine rings is 2. The Hall–Kier alpha value is -3.78. The number of imidazole rings is 1. The first-order valence-corrected chi connectivity index (χ1v) is 10.6. The van der Waals surface area contributed by atoms with Crippen LogP contribution in [0.4, 0.5) is 0 Å². The quantitative estimate of drug-likeness (QED) is 0.524. The molecule has 1 aromatic carbocycles. The minimum Gasteiger partial charge on any atom is -0.478 e. The molecule has 3 aromatic heterocycles. The van der Waals surface area contributed by atoms with Crippen molar-refractivity contribution in [2.45, 2.75) is 25.9 Å². The number of nitrogens with zero attached hydrogens (tertiary/aromatic N) is 5. The van der Waals surface area contributed by atoms with Crippen LogP contribution in [-0.4, -0.2) is 48.2 Å². The van der Waals surface area contributed by atoms with E-state index < -0.39 is 5.97 Å². The van der Waals surface area contributed by atoms with Gasteiger partial charge in [-0.25, -0.2) is 14.6 Å². The number of carboxylic acid groups (broad SMARTS) is 1. The maximum Gasteiger partial charge on any atom is 0.335 e. The predicted molar refractivity (Wildman–Crippen MR) is 120 cm³/mol. The van der Waals surface area contributed by atoms with Crippen molar-refractivity contribution >= 4 is 17.1 Å². The van der Waals surface area contributed by atoms with Crippen LogP contribution in [0.2, 0.25) is 0 Å². The van der Waals surface area contributed by atoms with Gasteiger partial charge in [-0.05, 0) is 61.4 Å². The lowest BCUT2D eigenvalue weighted by Crippen LogP contribution is -2.29. The van der Waals surface area contributed by atoms with Crippen molar-refractivity contribution in [2.24, 2.45) is 0 Å². The fourth-order valence-electron chi connectivity index (χ4n) is 4.44. The second kappa shape index (κ2) is 8.05. The molecular weight excluding hydrogens is 406 g/mol. The van der Waals surface area contributed by atoms with E-state index in [1.54, 1.807) is 33.5 Å². The molecule has 32 heavy (non-hydrogen) atoms. The van der Waals surface area contributed by atoms with Crippen LogP contribution in [0.5, 0.6) is 0 Å². The molecule has 1 N–H and O–H groups in total. The van der Waals surface area contributed by atoms with Crippen LogP contribution >= 0.6 is 0 Å². The van der Waals surface area contributed by atoms with Gasteiger partial charge in [0.15, 0.2) is 5.65 Å². The fourth-order valence-corrected chi connectivity index (χ4v) is 4.44. The normalized spacial score (nSPS) is 16.6. The standard InChI is InChI=1S/C24H23N5O3/c1-16-4-2-11-25-20(16)15-27-13-10-19(14-27)29-22-21(5-3-12-26-22)28(24(29)32)18-8-6-17(7-9-18)23(30)31/h2-9,11-12,19H,10,13-15H2,1H3,(H,30,31)/t19-/m0/s1. The zero-order chi connectivity index (χ0) is 22.2. The van der Waals surface area contributed by atoms with Gasteiger partial charge < -0.3 is 5.11 Å². The molecule has 0 spiro atoms. The Bertz CT molecular complexity index is 1360. The third-order valence-corrected chi connectivity index (χ3v) is 6.11. The Kier molecular flexibility index (Phi) is 5.07. The van der Waals surface area contributed by atoms with Gasteiger partial charge in [0.05, 0.1) is 28.5 Å². The van der Waals surface area contributed by atoms with Crippen LogP contribution in [-0.2, 0) is 6.54 Å². The van der Waals surface area contributed by atoms with Gasteiger partial charge in [-0.3, -0.25) is 19.0 Å². The average molecular weight is 429 g/mol. The molecule has 8 heteroatoms. The van der Waals surface area contributed by atoms with E-state index in [0.717, 1.165) is 37.3 Å². The molecule has 5 rings (SSSR count). The van der Waals surface area contributed by atoms with Gasteiger partial charge in [-0.1, -0.05) is 6.07 Å². The van der Waals surface area contributed by atoms with Crippen molar-refractivity contribution in [1.29, 1.82) is 0 Å². The van der Waals surface area contributed by atoms with Gasteiger partial charge in [0, 0.05) is 32.0 Å². The molecule has 1 aliphatic rings. The monoisotopic (exact) mass is 429 g/mol. The van der Waals surface area contributed by atoms with Crippen molar-refractivity contribution in [3.63, 3.8) is 0 Å². The van der Waals surface area contributed by atoms with Crippen molar-refractivity contribution in [2.75, 3.05) is 13.1 Å². The Labute approximate surface area is 184 Å². The Morgan fingerprint density at radius 3 is 2.59 bits per heavy atom. The third-order valence-electron chi connectivity index (χ3n) is 6.11. The minimum atomic E-state index is -0.998. The highest BCUT2D eigenvalue weighted by Crippen LogP contribution is 2.26. The van der Waals surface area contributed by atoms with Crippen LogP contribution in [0.25, 0.3) is 16.9 Å². The smallest absolute Gasteiger partial charge is 0.335 e. The summed E-state index contributed by atoms with van der Waals surface area (Å²) in [5.41, 5.74) is 4.20. The summed E-state index contributed by atoms with van der Waals surface area (Å²) in [6, 6.07) is 14.0. The molecule has 1 atom stereocenters. The SMILES string of the molecule is Cc1cccnc1CN1CC[C@H](n2c(=O)n(-c3ccc(C(=O)O)cc3)c3cccnc32)C1. The Balaban J connectivity index is 1.50. The molecule has 0 saturated carbocycles. The molecule has 0 radical (unpaired) electrons. The van der Waals surface area contributed by atoms with Gasteiger partial charge in [-0.15, -0.1) is 0 Å². The minimum absolute atomic E-state index is 0.00320. The molecule has 0 unspecified atom stereocenters. The summed E-state index contributed by atoms with van der Waals surface area (Å²) in [5.74, 6) is -0.998. The number of carboxylic acids is 1. The van der Waals surface area contributed by atoms with Crippen molar-refractivity contribution in [3.8, 4) is 5.69 Å². The summed E-state index contributed by atoms with van der Waals surface area (Å²) in [4.78, 5) is 36.1. The second-order valence-corrected chi connectivity index (χ2v) is 8.13. The number of carbonyl (C=O) groups is 1. The number of benzene rings is 1. The van der Waals surface area contributed by atoms with Crippen molar-refractivity contribution in [3.05, 3.63) is 88.2 Å². The molecule has 0 bridgehead atoms. The summed E-state index contributed by atoms with van der Waals surface area (Å²) in [5, 5.41) is 9.18. The maximum atomic E-state index is 13.6. The third kappa shape index (κ3) is 3.48. The number of fused-ring (bicyclic) bond motifs is 1. The van der Waals surface area contributed by atoms with E-state index >= 15 is 0 Å². The fraction of sp³-hybridized carbons (Fsp3) is 0.250. The first-order valence-electron chi connectivity index (χ1n) is 10.6. The number of hydrogen-bond donors (Lipinski definition) is 1. The molecular formula is C24H23N5O3. The lowest BCUT2D eigenvalue weighted by Gasteiger charge is -2.17. The van der Waals surface area contributed by atoms with E-state index in [9.17, 15) is 14.7 Å². The zero-order valence-electron chi connectivity index (χ0n) is 17.7. The molecule has 8 nitrogen and oxygen atoms in total. The second-order valence-electron chi connectivity index (χ2n) is 8.13. The van der Waals surface area contributed by atoms with Crippen LogP contribution in [0, 0.1) is 6.92 Å². The summed E-state index contributed by atoms with van der Waals surface area (Å²) in [6.45, 7) is 4.43. The van der Waals surface area contributed by atoms with Crippen LogP contribution in [0.15, 0.2) is 65.7 Å². The highest BCUT2D eigenvalue weighted by atomic mass is 16.4. The average Bonchev–Trinajstić information content (AvgIpc) is 3.36. The van der Waals surface area contributed by atoms with Crippen LogP contribution < -0.4 is 5.69 Å². The summed E-state index contributed by atoms with van der Waals surface area (Å²) >= 11 is 0. The largest absolute Gasteiger partial charge is 0.478 e. The topological polar surface area (TPSA) is 93.2 Å². The number of hydrogen-bond acceptors (Lipinski definition) is 5. The lowest BCUT2D eigenvalue weighted by molar-refractivity contribution is 0.0697. The van der Waals surface area contributed by atoms with E-state index in [-0.39, 0.29) is 17.3 Å². The molecule has 4 aromatic rings. The summed E-state index contributed by atoms with van der Waals surface area (Å²) in [7, 11) is 0. The molecule has 0 aliphatic carbocycles.